The predicted octanol–water partition coefficient (Wildman–Crippen LogP) is -1.36. The summed E-state index contributed by atoms with van der Waals surface area (Å²) in [6.45, 7) is -1.82. The van der Waals surface area contributed by atoms with Crippen LogP contribution in [0.2, 0.25) is 0 Å². The number of hydrogen-bond acceptors (Lipinski definition) is 15. The highest BCUT2D eigenvalue weighted by Gasteiger charge is 2.54. The molecule has 0 spiro atoms. The van der Waals surface area contributed by atoms with Crippen molar-refractivity contribution < 1.29 is 47.9 Å². The Morgan fingerprint density at radius 1 is 1.40 bits per heavy atom. The molecular weight excluding hydrogens is 575 g/mol. The number of fused-ring (bicyclic) bond motifs is 1. The summed E-state index contributed by atoms with van der Waals surface area (Å²) in [5, 5.41) is 29.1. The van der Waals surface area contributed by atoms with E-state index in [9.17, 15) is 29.2 Å². The van der Waals surface area contributed by atoms with Crippen LogP contribution < -0.4 is 26.2 Å². The molecule has 7 atom stereocenters. The summed E-state index contributed by atoms with van der Waals surface area (Å²) < 4.78 is 36.5. The van der Waals surface area contributed by atoms with E-state index in [-0.39, 0.29) is 28.7 Å². The van der Waals surface area contributed by atoms with Crippen LogP contribution in [-0.4, -0.2) is 104 Å². The first-order chi connectivity index (χ1) is 18.8. The Kier molecular flexibility index (Phi) is 8.55. The lowest BCUT2D eigenvalue weighted by Crippen LogP contribution is -2.44. The van der Waals surface area contributed by atoms with Crippen LogP contribution in [0.3, 0.4) is 0 Å². The van der Waals surface area contributed by atoms with E-state index in [1.54, 1.807) is 0 Å². The number of nitrogen functional groups attached to an aromatic ring is 1. The molecule has 40 heavy (non-hydrogen) atoms. The van der Waals surface area contributed by atoms with Crippen molar-refractivity contribution in [3.8, 4) is 5.88 Å². The number of aliphatic hydroxyl groups excluding tert-OH is 1. The number of imidazole rings is 1. The number of aliphatic hydroxyl groups is 2. The van der Waals surface area contributed by atoms with Gasteiger partial charge in [0.25, 0.3) is 5.91 Å². The number of imide groups is 1. The molecule has 2 aromatic heterocycles. The molecule has 2 aliphatic rings. The second-order valence-electron chi connectivity index (χ2n) is 9.09. The van der Waals surface area contributed by atoms with Gasteiger partial charge in [-0.1, -0.05) is 11.4 Å². The second kappa shape index (κ2) is 11.4. The number of rotatable bonds is 11. The molecule has 0 bridgehead atoms. The Labute approximate surface area is 230 Å². The van der Waals surface area contributed by atoms with Gasteiger partial charge in [-0.05, 0) is 13.8 Å². The van der Waals surface area contributed by atoms with Gasteiger partial charge >= 0.3 is 18.7 Å². The maximum Gasteiger partial charge on any atom is 0.327 e. The number of nitrogens with zero attached hydrogens (tertiary/aromatic N) is 4. The van der Waals surface area contributed by atoms with Gasteiger partial charge in [0.05, 0.1) is 27.2 Å². The molecule has 2 fully saturated rings. The fourth-order valence-corrected chi connectivity index (χ4v) is 7.96. The summed E-state index contributed by atoms with van der Waals surface area (Å²) in [5.74, 6) is -1.56. The third-order valence-electron chi connectivity index (χ3n) is 6.19. The van der Waals surface area contributed by atoms with Crippen molar-refractivity contribution in [2.75, 3.05) is 32.3 Å². The van der Waals surface area contributed by atoms with E-state index in [1.165, 1.54) is 31.9 Å². The lowest BCUT2D eigenvalue weighted by Gasteiger charge is -2.27. The maximum atomic E-state index is 13.7. The third-order valence-corrected chi connectivity index (χ3v) is 10.3. The summed E-state index contributed by atoms with van der Waals surface area (Å²) in [5.41, 5.74) is 4.25. The van der Waals surface area contributed by atoms with Gasteiger partial charge in [0, 0.05) is 5.75 Å². The van der Waals surface area contributed by atoms with E-state index in [2.05, 4.69) is 35.4 Å². The monoisotopic (exact) mass is 604 g/mol. The van der Waals surface area contributed by atoms with E-state index in [1.807, 2.05) is 0 Å². The van der Waals surface area contributed by atoms with Gasteiger partial charge in [-0.15, -0.1) is 0 Å². The Hall–Kier alpha value is -3.06. The van der Waals surface area contributed by atoms with E-state index < -0.39 is 67.4 Å². The molecule has 0 saturated carbocycles. The van der Waals surface area contributed by atoms with Crippen LogP contribution in [0.5, 0.6) is 5.88 Å². The average Bonchev–Trinajstić information content (AvgIpc) is 3.53. The summed E-state index contributed by atoms with van der Waals surface area (Å²) >= 11 is 0.653. The van der Waals surface area contributed by atoms with Crippen LogP contribution >= 0.6 is 18.1 Å². The minimum absolute atomic E-state index is 0.0928. The maximum absolute atomic E-state index is 13.7. The molecule has 1 unspecified atom stereocenters. The third kappa shape index (κ3) is 5.85. The first kappa shape index (κ1) is 29.9. The fraction of sp³-hybridized carbons (Fsp3) is 0.600. The molecule has 20 heteroatoms. The molecule has 18 nitrogen and oxygen atoms in total. The smallest absolute Gasteiger partial charge is 0.327 e. The minimum atomic E-state index is -4.01. The number of carbonyl (C=O) groups excluding carboxylic acids is 3. The molecule has 7 N–H and O–H groups in total. The highest BCUT2D eigenvalue weighted by atomic mass is 32.7. The Morgan fingerprint density at radius 3 is 2.75 bits per heavy atom. The SMILES string of the molecule is COC(=O)[C@@H](C)N[P@@](=O)(OC[C@H]1O[C@@H](n2cnc3c(OC)nc(N)nc32)[C@](C)(O)[C@@H]1O)SCC1NC(=O)NC1=O. The fourth-order valence-electron chi connectivity index (χ4n) is 4.10. The van der Waals surface area contributed by atoms with Crippen LogP contribution in [0.1, 0.15) is 20.1 Å². The van der Waals surface area contributed by atoms with Gasteiger partial charge in [0.1, 0.15) is 29.9 Å². The average molecular weight is 605 g/mol. The number of nitrogens with two attached hydrogens (primary N) is 1. The van der Waals surface area contributed by atoms with Crippen LogP contribution in [0.15, 0.2) is 6.33 Å². The minimum Gasteiger partial charge on any atom is -0.479 e. The molecule has 2 aliphatic heterocycles. The van der Waals surface area contributed by atoms with Crippen molar-refractivity contribution >= 4 is 53.1 Å². The van der Waals surface area contributed by atoms with Crippen molar-refractivity contribution in [3.05, 3.63) is 6.33 Å². The summed E-state index contributed by atoms with van der Waals surface area (Å²) in [7, 11) is 2.52. The summed E-state index contributed by atoms with van der Waals surface area (Å²) in [4.78, 5) is 47.6. The first-order valence-corrected chi connectivity index (χ1v) is 15.0. The Bertz CT molecular complexity index is 1360. The standard InChI is InChI=1S/C20H29N8O10PS/c1-8(16(31)36-4)27-39(34,40-6-9-14(30)25-19(32)23-9)37-5-10-12(29)20(2,33)17(38-10)28-7-22-11-13(28)24-18(21)26-15(11)35-3/h7-10,12,17,29,33H,5-6H2,1-4H3,(H,27,34)(H2,21,24,26)(H2,23,25,30,32)/t8-,9?,10-,12-,17-,20-,39-/m1/s1. The molecule has 4 heterocycles. The number of nitrogens with one attached hydrogen (secondary N) is 3. The van der Waals surface area contributed by atoms with Crippen molar-refractivity contribution in [2.24, 2.45) is 0 Å². The predicted molar refractivity (Wildman–Crippen MR) is 138 cm³/mol. The molecule has 220 valence electrons. The van der Waals surface area contributed by atoms with E-state index in [4.69, 9.17) is 19.7 Å². The van der Waals surface area contributed by atoms with Gasteiger partial charge in [-0.25, -0.2) is 14.9 Å². The normalized spacial score (nSPS) is 28.6. The first-order valence-electron chi connectivity index (χ1n) is 11.8. The van der Waals surface area contributed by atoms with Gasteiger partial charge < -0.3 is 40.0 Å². The zero-order valence-electron chi connectivity index (χ0n) is 21.8. The molecule has 0 aromatic carbocycles. The quantitative estimate of drug-likeness (QED) is 0.0984. The van der Waals surface area contributed by atoms with Crippen molar-refractivity contribution in [2.45, 2.75) is 50.0 Å². The van der Waals surface area contributed by atoms with Crippen molar-refractivity contribution in [1.29, 1.82) is 0 Å². The molecule has 2 saturated heterocycles. The van der Waals surface area contributed by atoms with E-state index >= 15 is 0 Å². The zero-order chi connectivity index (χ0) is 29.4. The number of methoxy groups -OCH3 is 2. The van der Waals surface area contributed by atoms with Crippen LogP contribution in [0.25, 0.3) is 11.2 Å². The highest BCUT2D eigenvalue weighted by molar-refractivity contribution is 8.56. The Morgan fingerprint density at radius 2 is 2.12 bits per heavy atom. The number of carbonyl (C=O) groups is 3. The number of amides is 3. The molecule has 0 aliphatic carbocycles. The number of esters is 1. The van der Waals surface area contributed by atoms with Crippen molar-refractivity contribution in [1.82, 2.24) is 35.2 Å². The van der Waals surface area contributed by atoms with E-state index in [0.29, 0.717) is 11.4 Å². The summed E-state index contributed by atoms with van der Waals surface area (Å²) in [6.07, 6.45) is -2.71. The van der Waals surface area contributed by atoms with Crippen LogP contribution in [-0.2, 0) is 28.2 Å². The molecule has 2 aromatic rings. The van der Waals surface area contributed by atoms with Crippen LogP contribution in [0, 0.1) is 0 Å². The lowest BCUT2D eigenvalue weighted by atomic mass is 9.96. The largest absolute Gasteiger partial charge is 0.479 e. The molecule has 3 amide bonds. The van der Waals surface area contributed by atoms with Gasteiger partial charge in [0.2, 0.25) is 11.8 Å². The summed E-state index contributed by atoms with van der Waals surface area (Å²) in [6, 6.07) is -2.78. The van der Waals surface area contributed by atoms with Crippen LogP contribution in [0.4, 0.5) is 10.7 Å². The van der Waals surface area contributed by atoms with Crippen molar-refractivity contribution in [3.63, 3.8) is 0 Å². The second-order valence-corrected chi connectivity index (χ2v) is 13.4. The van der Waals surface area contributed by atoms with E-state index in [0.717, 1.165) is 7.11 Å². The number of anilines is 1. The number of ether oxygens (including phenoxy) is 3. The lowest BCUT2D eigenvalue weighted by molar-refractivity contribution is -0.142. The molecular formula is C20H29N8O10PS. The van der Waals surface area contributed by atoms with Gasteiger partial charge in [-0.3, -0.25) is 24.0 Å². The van der Waals surface area contributed by atoms with Gasteiger partial charge in [0.15, 0.2) is 17.4 Å². The molecule has 0 radical (unpaired) electrons. The topological polar surface area (TPSA) is 251 Å². The number of hydrogen-bond donors (Lipinski definition) is 6. The molecule has 4 rings (SSSR count). The van der Waals surface area contributed by atoms with Gasteiger partial charge in [-0.2, -0.15) is 9.97 Å². The zero-order valence-corrected chi connectivity index (χ0v) is 23.5. The number of aromatic nitrogens is 4. The Balaban J connectivity index is 1.53. The number of urea groups is 1. The highest BCUT2D eigenvalue weighted by Crippen LogP contribution is 2.57.